The molecule has 1 aromatic heterocycles. The fourth-order valence-electron chi connectivity index (χ4n) is 1.95. The Morgan fingerprint density at radius 3 is 2.89 bits per heavy atom. The lowest BCUT2D eigenvalue weighted by Gasteiger charge is -2.14. The Kier molecular flexibility index (Phi) is 4.35. The number of ether oxygens (including phenoxy) is 1. The molecule has 0 radical (unpaired) electrons. The highest BCUT2D eigenvalue weighted by atomic mass is 79.9. The molecule has 0 saturated carbocycles. The first-order valence-electron chi connectivity index (χ1n) is 5.63. The molecule has 2 unspecified atom stereocenters. The quantitative estimate of drug-likeness (QED) is 0.695. The van der Waals surface area contributed by atoms with Crippen LogP contribution >= 0.6 is 15.9 Å². The molecular formula is C11H13BrN2O5. The van der Waals surface area contributed by atoms with Crippen LogP contribution in [0, 0.1) is 0 Å². The summed E-state index contributed by atoms with van der Waals surface area (Å²) >= 11 is 3.05. The number of aliphatic hydroxyl groups excluding tert-OH is 2. The number of hydrogen-bond acceptors (Lipinski definition) is 5. The predicted molar refractivity (Wildman–Crippen MR) is 70.9 cm³/mol. The molecule has 3 atom stereocenters. The van der Waals surface area contributed by atoms with E-state index in [0.717, 1.165) is 0 Å². The van der Waals surface area contributed by atoms with E-state index in [4.69, 9.17) is 9.84 Å². The molecule has 0 aromatic carbocycles. The molecule has 3 N–H and O–H groups in total. The van der Waals surface area contributed by atoms with Crippen LogP contribution in [0.3, 0.4) is 0 Å². The van der Waals surface area contributed by atoms with Crippen molar-refractivity contribution < 1.29 is 14.9 Å². The molecule has 104 valence electrons. The van der Waals surface area contributed by atoms with E-state index in [1.807, 2.05) is 0 Å². The van der Waals surface area contributed by atoms with Crippen molar-refractivity contribution >= 4 is 22.0 Å². The molecule has 0 amide bonds. The molecule has 0 bridgehead atoms. The minimum absolute atomic E-state index is 0.175. The predicted octanol–water partition coefficient (Wildman–Crippen LogP) is -0.457. The molecule has 8 heteroatoms. The maximum Gasteiger partial charge on any atom is 0.330 e. The van der Waals surface area contributed by atoms with Gasteiger partial charge in [0.15, 0.2) is 0 Å². The second-order valence-corrected chi connectivity index (χ2v) is 4.69. The van der Waals surface area contributed by atoms with Crippen molar-refractivity contribution in [1.29, 1.82) is 0 Å². The van der Waals surface area contributed by atoms with Crippen LogP contribution in [0.2, 0.25) is 0 Å². The van der Waals surface area contributed by atoms with Gasteiger partial charge in [0.2, 0.25) is 0 Å². The molecule has 0 aliphatic carbocycles. The summed E-state index contributed by atoms with van der Waals surface area (Å²) in [5, 5.41) is 18.7. The number of hydrogen-bond donors (Lipinski definition) is 3. The van der Waals surface area contributed by atoms with Gasteiger partial charge in [0, 0.05) is 12.6 Å². The van der Waals surface area contributed by atoms with Crippen molar-refractivity contribution in [3.63, 3.8) is 0 Å². The first kappa shape index (κ1) is 14.2. The first-order chi connectivity index (χ1) is 9.06. The van der Waals surface area contributed by atoms with Crippen LogP contribution in [0.15, 0.2) is 20.8 Å². The van der Waals surface area contributed by atoms with Crippen LogP contribution in [-0.4, -0.2) is 38.6 Å². The molecule has 1 aliphatic heterocycles. The lowest BCUT2D eigenvalue weighted by Crippen LogP contribution is -2.33. The number of nitrogens with zero attached hydrogens (tertiary/aromatic N) is 1. The molecule has 2 rings (SSSR count). The van der Waals surface area contributed by atoms with Gasteiger partial charge in [-0.1, -0.05) is 15.9 Å². The number of H-pyrrole nitrogens is 1. The van der Waals surface area contributed by atoms with E-state index >= 15 is 0 Å². The maximum atomic E-state index is 11.7. The number of halogens is 1. The van der Waals surface area contributed by atoms with Crippen molar-refractivity contribution in [3.05, 3.63) is 37.6 Å². The van der Waals surface area contributed by atoms with Crippen molar-refractivity contribution in [2.45, 2.75) is 24.9 Å². The van der Waals surface area contributed by atoms with Crippen LogP contribution < -0.4 is 11.2 Å². The highest BCUT2D eigenvalue weighted by molar-refractivity contribution is 9.11. The van der Waals surface area contributed by atoms with Gasteiger partial charge in [-0.05, 0) is 11.1 Å². The third kappa shape index (κ3) is 2.86. The Labute approximate surface area is 116 Å². The average molecular weight is 333 g/mol. The second-order valence-electron chi connectivity index (χ2n) is 4.16. The molecule has 1 aliphatic rings. The van der Waals surface area contributed by atoms with E-state index in [-0.39, 0.29) is 18.6 Å². The molecule has 0 spiro atoms. The minimum Gasteiger partial charge on any atom is -0.394 e. The summed E-state index contributed by atoms with van der Waals surface area (Å²) in [5.74, 6) is 0. The number of aliphatic hydroxyl groups is 2. The number of nitrogens with one attached hydrogen (secondary N) is 1. The molecular weight excluding hydrogens is 320 g/mol. The van der Waals surface area contributed by atoms with Crippen molar-refractivity contribution in [2.24, 2.45) is 0 Å². The summed E-state index contributed by atoms with van der Waals surface area (Å²) in [5.41, 5.74) is -0.844. The van der Waals surface area contributed by atoms with Crippen molar-refractivity contribution in [3.8, 4) is 0 Å². The van der Waals surface area contributed by atoms with Gasteiger partial charge in [-0.25, -0.2) is 4.79 Å². The summed E-state index contributed by atoms with van der Waals surface area (Å²) in [6.07, 6.45) is 0.746. The summed E-state index contributed by atoms with van der Waals surface area (Å²) in [6, 6.07) is 0. The number of aromatic nitrogens is 2. The topological polar surface area (TPSA) is 105 Å². The minimum atomic E-state index is -0.844. The van der Waals surface area contributed by atoms with E-state index in [1.54, 1.807) is 0 Å². The normalized spacial score (nSPS) is 27.2. The van der Waals surface area contributed by atoms with Gasteiger partial charge in [-0.15, -0.1) is 0 Å². The molecule has 2 heterocycles. The third-order valence-electron chi connectivity index (χ3n) is 2.93. The van der Waals surface area contributed by atoms with Crippen LogP contribution in [0.4, 0.5) is 0 Å². The Bertz CT molecular complexity index is 593. The average Bonchev–Trinajstić information content (AvgIpc) is 2.74. The smallest absolute Gasteiger partial charge is 0.330 e. The fourth-order valence-corrected chi connectivity index (χ4v) is 2.24. The van der Waals surface area contributed by atoms with E-state index in [1.165, 1.54) is 21.8 Å². The van der Waals surface area contributed by atoms with Gasteiger partial charge in [0.05, 0.1) is 18.3 Å². The Hall–Kier alpha value is -1.22. The largest absolute Gasteiger partial charge is 0.394 e. The highest BCUT2D eigenvalue weighted by Gasteiger charge is 2.35. The Morgan fingerprint density at radius 2 is 2.32 bits per heavy atom. The van der Waals surface area contributed by atoms with E-state index in [2.05, 4.69) is 20.9 Å². The maximum absolute atomic E-state index is 11.7. The van der Waals surface area contributed by atoms with Crippen LogP contribution in [0.5, 0.6) is 0 Å². The van der Waals surface area contributed by atoms with Crippen LogP contribution in [-0.2, 0) is 4.74 Å². The molecule has 1 fully saturated rings. The second kappa shape index (κ2) is 5.83. The zero-order valence-electron chi connectivity index (χ0n) is 9.82. The van der Waals surface area contributed by atoms with Gasteiger partial charge in [0.25, 0.3) is 5.56 Å². The fraction of sp³-hybridized carbons (Fsp3) is 0.455. The molecule has 7 nitrogen and oxygen atoms in total. The number of aromatic amines is 1. The lowest BCUT2D eigenvalue weighted by atomic mass is 10.2. The zero-order chi connectivity index (χ0) is 14.0. The van der Waals surface area contributed by atoms with Gasteiger partial charge in [-0.2, -0.15) is 0 Å². The van der Waals surface area contributed by atoms with Gasteiger partial charge in [-0.3, -0.25) is 14.3 Å². The van der Waals surface area contributed by atoms with Crippen LogP contribution in [0.1, 0.15) is 18.2 Å². The SMILES string of the molecule is O=c1[nH]c(=O)n(C2C[C@H](O)C(CO)O2)cc1/C=C/Br. The Balaban J connectivity index is 2.38. The van der Waals surface area contributed by atoms with Crippen molar-refractivity contribution in [2.75, 3.05) is 6.61 Å². The van der Waals surface area contributed by atoms with E-state index in [9.17, 15) is 14.7 Å². The Morgan fingerprint density at radius 1 is 1.58 bits per heavy atom. The summed E-state index contributed by atoms with van der Waals surface area (Å²) < 4.78 is 6.56. The van der Waals surface area contributed by atoms with Gasteiger partial charge < -0.3 is 14.9 Å². The molecule has 19 heavy (non-hydrogen) atoms. The highest BCUT2D eigenvalue weighted by Crippen LogP contribution is 2.27. The van der Waals surface area contributed by atoms with E-state index in [0.29, 0.717) is 0 Å². The summed E-state index contributed by atoms with van der Waals surface area (Å²) in [6.45, 7) is -0.329. The van der Waals surface area contributed by atoms with Crippen LogP contribution in [0.25, 0.3) is 6.08 Å². The standard InChI is InChI=1S/C11H13BrN2O5/c12-2-1-6-4-14(11(18)13-10(6)17)9-3-7(16)8(5-15)19-9/h1-2,4,7-9,15-16H,3,5H2,(H,13,17,18)/b2-1+/t7-,8?,9?/m0/s1. The third-order valence-corrected chi connectivity index (χ3v) is 3.20. The van der Waals surface area contributed by atoms with Crippen molar-refractivity contribution in [1.82, 2.24) is 9.55 Å². The number of rotatable bonds is 3. The van der Waals surface area contributed by atoms with Gasteiger partial charge >= 0.3 is 5.69 Å². The lowest BCUT2D eigenvalue weighted by molar-refractivity contribution is -0.0459. The summed E-state index contributed by atoms with van der Waals surface area (Å²) in [4.78, 5) is 26.9. The summed E-state index contributed by atoms with van der Waals surface area (Å²) in [7, 11) is 0. The molecule has 1 saturated heterocycles. The van der Waals surface area contributed by atoms with E-state index < -0.39 is 29.7 Å². The zero-order valence-corrected chi connectivity index (χ0v) is 11.4. The molecule has 1 aromatic rings. The first-order valence-corrected chi connectivity index (χ1v) is 6.55. The monoisotopic (exact) mass is 332 g/mol. The van der Waals surface area contributed by atoms with Gasteiger partial charge in [0.1, 0.15) is 12.3 Å².